The van der Waals surface area contributed by atoms with Crippen LogP contribution in [-0.4, -0.2) is 72.9 Å². The van der Waals surface area contributed by atoms with Crippen LogP contribution < -0.4 is 15.8 Å². The molecule has 0 radical (unpaired) electrons. The second-order valence-electron chi connectivity index (χ2n) is 7.06. The van der Waals surface area contributed by atoms with Gasteiger partial charge >= 0.3 is 0 Å². The number of nitrogens with two attached hydrogens (primary N) is 1. The molecule has 0 bridgehead atoms. The number of ether oxygens (including phenoxy) is 1. The van der Waals surface area contributed by atoms with Crippen molar-refractivity contribution in [3.63, 3.8) is 0 Å². The molecule has 146 valence electrons. The fourth-order valence-electron chi connectivity index (χ4n) is 3.32. The fraction of sp³-hybridized carbons (Fsp3) is 0.526. The van der Waals surface area contributed by atoms with Crippen molar-refractivity contribution in [2.75, 3.05) is 39.3 Å². The minimum atomic E-state index is -0.570. The maximum absolute atomic E-state index is 12.5. The second-order valence-corrected chi connectivity index (χ2v) is 7.06. The van der Waals surface area contributed by atoms with E-state index in [9.17, 15) is 14.4 Å². The summed E-state index contributed by atoms with van der Waals surface area (Å²) in [6.07, 6.45) is 2.92. The Kier molecular flexibility index (Phi) is 6.28. The van der Waals surface area contributed by atoms with Crippen molar-refractivity contribution in [1.82, 2.24) is 15.1 Å². The van der Waals surface area contributed by atoms with E-state index in [0.29, 0.717) is 24.4 Å². The average molecular weight is 374 g/mol. The van der Waals surface area contributed by atoms with Gasteiger partial charge in [-0.2, -0.15) is 0 Å². The van der Waals surface area contributed by atoms with Gasteiger partial charge in [0, 0.05) is 31.2 Å². The fourth-order valence-corrected chi connectivity index (χ4v) is 3.32. The van der Waals surface area contributed by atoms with E-state index in [1.54, 1.807) is 24.3 Å². The highest BCUT2D eigenvalue weighted by Crippen LogP contribution is 2.16. The molecule has 1 aromatic carbocycles. The maximum Gasteiger partial charge on any atom is 0.255 e. The molecule has 3 rings (SSSR count). The van der Waals surface area contributed by atoms with Crippen molar-refractivity contribution in [2.24, 2.45) is 5.73 Å². The number of nitrogens with zero attached hydrogens (tertiary/aromatic N) is 2. The van der Waals surface area contributed by atoms with E-state index in [2.05, 4.69) is 10.2 Å². The number of carbonyl (C=O) groups excluding carboxylic acids is 3. The number of hydrogen-bond acceptors (Lipinski definition) is 5. The van der Waals surface area contributed by atoms with Crippen LogP contribution >= 0.6 is 0 Å². The van der Waals surface area contributed by atoms with E-state index < -0.39 is 5.91 Å². The standard InChI is InChI=1S/C19H26N4O4/c20-17(24)13-27-16-6-1-4-14(10-16)19(26)21-15-5-2-7-22(11-15)12-18(25)23-8-3-9-23/h1,4,6,10,15H,2-3,5,7-9,11-13H2,(H2,20,24)(H,21,26). The molecule has 1 unspecified atom stereocenters. The highest BCUT2D eigenvalue weighted by atomic mass is 16.5. The van der Waals surface area contributed by atoms with Gasteiger partial charge in [0.05, 0.1) is 6.54 Å². The summed E-state index contributed by atoms with van der Waals surface area (Å²) in [4.78, 5) is 39.5. The van der Waals surface area contributed by atoms with E-state index in [-0.39, 0.29) is 24.5 Å². The monoisotopic (exact) mass is 374 g/mol. The minimum Gasteiger partial charge on any atom is -0.484 e. The molecule has 8 nitrogen and oxygen atoms in total. The zero-order chi connectivity index (χ0) is 19.2. The van der Waals surface area contributed by atoms with Gasteiger partial charge < -0.3 is 20.7 Å². The summed E-state index contributed by atoms with van der Waals surface area (Å²) in [6.45, 7) is 3.46. The molecule has 0 aromatic heterocycles. The third kappa shape index (κ3) is 5.43. The van der Waals surface area contributed by atoms with Crippen molar-refractivity contribution < 1.29 is 19.1 Å². The van der Waals surface area contributed by atoms with Crippen molar-refractivity contribution >= 4 is 17.7 Å². The molecule has 3 N–H and O–H groups in total. The third-order valence-corrected chi connectivity index (χ3v) is 4.89. The van der Waals surface area contributed by atoms with Gasteiger partial charge in [0.25, 0.3) is 11.8 Å². The molecular weight excluding hydrogens is 348 g/mol. The largest absolute Gasteiger partial charge is 0.484 e. The molecule has 2 saturated heterocycles. The molecular formula is C19H26N4O4. The number of nitrogens with one attached hydrogen (secondary N) is 1. The Morgan fingerprint density at radius 2 is 2.00 bits per heavy atom. The Morgan fingerprint density at radius 1 is 1.19 bits per heavy atom. The summed E-state index contributed by atoms with van der Waals surface area (Å²) in [7, 11) is 0. The number of primary amides is 1. The molecule has 3 amide bonds. The van der Waals surface area contributed by atoms with Gasteiger partial charge in [-0.25, -0.2) is 0 Å². The lowest BCUT2D eigenvalue weighted by Crippen LogP contribution is -2.52. The molecule has 0 aliphatic carbocycles. The van der Waals surface area contributed by atoms with E-state index in [4.69, 9.17) is 10.5 Å². The quantitative estimate of drug-likeness (QED) is 0.698. The van der Waals surface area contributed by atoms with Crippen LogP contribution in [0.1, 0.15) is 29.6 Å². The molecule has 0 saturated carbocycles. The predicted octanol–water partition coefficient (Wildman–Crippen LogP) is -0.0228. The van der Waals surface area contributed by atoms with E-state index in [0.717, 1.165) is 38.9 Å². The van der Waals surface area contributed by atoms with E-state index in [1.165, 1.54) is 0 Å². The molecule has 2 aliphatic heterocycles. The maximum atomic E-state index is 12.5. The first-order valence-corrected chi connectivity index (χ1v) is 9.33. The van der Waals surface area contributed by atoms with Gasteiger partial charge in [-0.05, 0) is 44.0 Å². The number of benzene rings is 1. The average Bonchev–Trinajstić information content (AvgIpc) is 2.59. The zero-order valence-corrected chi connectivity index (χ0v) is 15.4. The lowest BCUT2D eigenvalue weighted by atomic mass is 10.0. The van der Waals surface area contributed by atoms with Gasteiger partial charge in [-0.1, -0.05) is 6.07 Å². The van der Waals surface area contributed by atoms with Gasteiger partial charge in [0.15, 0.2) is 6.61 Å². The normalized spacial score (nSPS) is 19.9. The Hall–Kier alpha value is -2.61. The van der Waals surface area contributed by atoms with Gasteiger partial charge in [-0.3, -0.25) is 19.3 Å². The molecule has 27 heavy (non-hydrogen) atoms. The first-order chi connectivity index (χ1) is 13.0. The molecule has 2 heterocycles. The Bertz CT molecular complexity index is 705. The number of hydrogen-bond donors (Lipinski definition) is 2. The van der Waals surface area contributed by atoms with Crippen LogP contribution in [-0.2, 0) is 9.59 Å². The molecule has 0 spiro atoms. The number of piperidine rings is 1. The Morgan fingerprint density at radius 3 is 2.70 bits per heavy atom. The van der Waals surface area contributed by atoms with Crippen molar-refractivity contribution in [3.8, 4) is 5.75 Å². The predicted molar refractivity (Wildman–Crippen MR) is 99.3 cm³/mol. The van der Waals surface area contributed by atoms with Crippen LogP contribution in [0.15, 0.2) is 24.3 Å². The summed E-state index contributed by atoms with van der Waals surface area (Å²) < 4.78 is 5.24. The first kappa shape index (κ1) is 19.2. The zero-order valence-electron chi connectivity index (χ0n) is 15.4. The highest BCUT2D eigenvalue weighted by molar-refractivity contribution is 5.94. The van der Waals surface area contributed by atoms with Crippen LogP contribution in [0.4, 0.5) is 0 Å². The SMILES string of the molecule is NC(=O)COc1cccc(C(=O)NC2CCCN(CC(=O)N3CCC3)C2)c1. The van der Waals surface area contributed by atoms with Crippen molar-refractivity contribution in [3.05, 3.63) is 29.8 Å². The number of amides is 3. The molecule has 1 atom stereocenters. The van der Waals surface area contributed by atoms with Crippen molar-refractivity contribution in [1.29, 1.82) is 0 Å². The second kappa shape index (κ2) is 8.85. The van der Waals surface area contributed by atoms with Gasteiger partial charge in [0.1, 0.15) is 5.75 Å². The summed E-state index contributed by atoms with van der Waals surface area (Å²) in [5, 5.41) is 3.03. The van der Waals surface area contributed by atoms with E-state index >= 15 is 0 Å². The molecule has 2 fully saturated rings. The van der Waals surface area contributed by atoms with Crippen LogP contribution in [0.2, 0.25) is 0 Å². The third-order valence-electron chi connectivity index (χ3n) is 4.89. The number of likely N-dealkylation sites (tertiary alicyclic amines) is 2. The van der Waals surface area contributed by atoms with E-state index in [1.807, 2.05) is 4.90 Å². The molecule has 8 heteroatoms. The summed E-state index contributed by atoms with van der Waals surface area (Å²) in [5.74, 6) is -0.167. The van der Waals surface area contributed by atoms with Crippen LogP contribution in [0.3, 0.4) is 0 Å². The van der Waals surface area contributed by atoms with Gasteiger partial charge in [0.2, 0.25) is 5.91 Å². The topological polar surface area (TPSA) is 105 Å². The number of rotatable bonds is 7. The molecule has 1 aromatic rings. The minimum absolute atomic E-state index is 0.00522. The number of carbonyl (C=O) groups is 3. The lowest BCUT2D eigenvalue weighted by Gasteiger charge is -2.36. The van der Waals surface area contributed by atoms with Gasteiger partial charge in [-0.15, -0.1) is 0 Å². The van der Waals surface area contributed by atoms with Crippen LogP contribution in [0.25, 0.3) is 0 Å². The van der Waals surface area contributed by atoms with Crippen LogP contribution in [0.5, 0.6) is 5.75 Å². The Labute approximate surface area is 158 Å². The first-order valence-electron chi connectivity index (χ1n) is 9.33. The summed E-state index contributed by atoms with van der Waals surface area (Å²) >= 11 is 0. The molecule has 2 aliphatic rings. The van der Waals surface area contributed by atoms with Crippen LogP contribution in [0, 0.1) is 0 Å². The summed E-state index contributed by atoms with van der Waals surface area (Å²) in [6, 6.07) is 6.66. The Balaban J connectivity index is 1.51. The lowest BCUT2D eigenvalue weighted by molar-refractivity contribution is -0.136. The van der Waals surface area contributed by atoms with Crippen molar-refractivity contribution in [2.45, 2.75) is 25.3 Å². The smallest absolute Gasteiger partial charge is 0.255 e. The highest BCUT2D eigenvalue weighted by Gasteiger charge is 2.26. The summed E-state index contributed by atoms with van der Waals surface area (Å²) in [5.41, 5.74) is 5.53.